The molecule has 0 spiro atoms. The van der Waals surface area contributed by atoms with Gasteiger partial charge in [-0.15, -0.1) is 0 Å². The topological polar surface area (TPSA) is 39.7 Å². The molecule has 0 radical (unpaired) electrons. The number of methoxy groups -OCH3 is 2. The van der Waals surface area contributed by atoms with Gasteiger partial charge in [0, 0.05) is 26.9 Å². The number of ether oxygens (including phenoxy) is 3. The fourth-order valence-corrected chi connectivity index (χ4v) is 1.71. The molecule has 102 valence electrons. The van der Waals surface area contributed by atoms with Crippen LogP contribution in [0.4, 0.5) is 0 Å². The molecule has 1 atom stereocenters. The van der Waals surface area contributed by atoms with E-state index < -0.39 is 0 Å². The lowest BCUT2D eigenvalue weighted by Crippen LogP contribution is -2.20. The molecule has 1 aromatic rings. The number of hydrogen-bond acceptors (Lipinski definition) is 4. The predicted molar refractivity (Wildman–Crippen MR) is 72.1 cm³/mol. The van der Waals surface area contributed by atoms with Crippen LogP contribution >= 0.6 is 0 Å². The second kappa shape index (κ2) is 8.91. The van der Waals surface area contributed by atoms with Crippen molar-refractivity contribution < 1.29 is 14.2 Å². The smallest absolute Gasteiger partial charge is 0.118 e. The lowest BCUT2D eigenvalue weighted by atomic mass is 10.1. The molecule has 1 unspecified atom stereocenters. The van der Waals surface area contributed by atoms with Gasteiger partial charge in [0.05, 0.1) is 13.2 Å². The zero-order chi connectivity index (χ0) is 13.2. The molecule has 0 saturated heterocycles. The first kappa shape index (κ1) is 15.0. The van der Waals surface area contributed by atoms with E-state index in [1.807, 2.05) is 31.3 Å². The second-order valence-electron chi connectivity index (χ2n) is 4.04. The quantitative estimate of drug-likeness (QED) is 0.683. The molecule has 0 saturated carbocycles. The Kier molecular flexibility index (Phi) is 7.41. The Morgan fingerprint density at radius 2 is 1.83 bits per heavy atom. The number of nitrogens with one attached hydrogen (secondary N) is 1. The van der Waals surface area contributed by atoms with Crippen LogP contribution in [-0.4, -0.2) is 41.0 Å². The molecule has 1 N–H and O–H groups in total. The molecule has 18 heavy (non-hydrogen) atoms. The standard InChI is InChI=1S/C14H23NO3/c1-15-11-14(18-10-4-9-16-2)12-5-7-13(17-3)8-6-12/h5-8,14-15H,4,9-11H2,1-3H3. The Morgan fingerprint density at radius 3 is 2.39 bits per heavy atom. The van der Waals surface area contributed by atoms with Gasteiger partial charge in [-0.25, -0.2) is 0 Å². The molecule has 0 heterocycles. The fraction of sp³-hybridized carbons (Fsp3) is 0.571. The number of benzene rings is 1. The second-order valence-corrected chi connectivity index (χ2v) is 4.04. The average molecular weight is 253 g/mol. The van der Waals surface area contributed by atoms with Crippen LogP contribution in [0.5, 0.6) is 5.75 Å². The molecule has 4 nitrogen and oxygen atoms in total. The van der Waals surface area contributed by atoms with E-state index in [2.05, 4.69) is 5.32 Å². The van der Waals surface area contributed by atoms with Crippen molar-refractivity contribution in [3.63, 3.8) is 0 Å². The summed E-state index contributed by atoms with van der Waals surface area (Å²) in [5.74, 6) is 0.862. The Hall–Kier alpha value is -1.10. The highest BCUT2D eigenvalue weighted by molar-refractivity contribution is 5.28. The van der Waals surface area contributed by atoms with E-state index in [9.17, 15) is 0 Å². The van der Waals surface area contributed by atoms with Crippen molar-refractivity contribution in [2.75, 3.05) is 41.0 Å². The van der Waals surface area contributed by atoms with Gasteiger partial charge in [-0.1, -0.05) is 12.1 Å². The highest BCUT2D eigenvalue weighted by atomic mass is 16.5. The minimum absolute atomic E-state index is 0.0674. The van der Waals surface area contributed by atoms with Crippen molar-refractivity contribution in [2.24, 2.45) is 0 Å². The Labute approximate surface area is 109 Å². The number of hydrogen-bond donors (Lipinski definition) is 1. The van der Waals surface area contributed by atoms with E-state index in [0.29, 0.717) is 6.61 Å². The van der Waals surface area contributed by atoms with E-state index in [1.54, 1.807) is 14.2 Å². The van der Waals surface area contributed by atoms with Gasteiger partial charge < -0.3 is 19.5 Å². The van der Waals surface area contributed by atoms with Gasteiger partial charge in [0.25, 0.3) is 0 Å². The monoisotopic (exact) mass is 253 g/mol. The summed E-state index contributed by atoms with van der Waals surface area (Å²) in [6.07, 6.45) is 0.977. The Bertz CT molecular complexity index is 313. The van der Waals surface area contributed by atoms with Crippen LogP contribution in [0.25, 0.3) is 0 Å². The highest BCUT2D eigenvalue weighted by Gasteiger charge is 2.10. The summed E-state index contributed by atoms with van der Waals surface area (Å²) in [6.45, 7) is 2.22. The van der Waals surface area contributed by atoms with Crippen LogP contribution in [0.3, 0.4) is 0 Å². The zero-order valence-corrected chi connectivity index (χ0v) is 11.4. The molecule has 0 aliphatic heterocycles. The maximum Gasteiger partial charge on any atom is 0.118 e. The third-order valence-electron chi connectivity index (χ3n) is 2.69. The average Bonchev–Trinajstić information content (AvgIpc) is 2.42. The van der Waals surface area contributed by atoms with Crippen LogP contribution in [-0.2, 0) is 9.47 Å². The van der Waals surface area contributed by atoms with Crippen molar-refractivity contribution in [3.8, 4) is 5.75 Å². The van der Waals surface area contributed by atoms with Crippen molar-refractivity contribution in [3.05, 3.63) is 29.8 Å². The van der Waals surface area contributed by atoms with Crippen LogP contribution in [0.15, 0.2) is 24.3 Å². The molecular weight excluding hydrogens is 230 g/mol. The van der Waals surface area contributed by atoms with Crippen LogP contribution in [0.1, 0.15) is 18.1 Å². The highest BCUT2D eigenvalue weighted by Crippen LogP contribution is 2.20. The third kappa shape index (κ3) is 5.04. The fourth-order valence-electron chi connectivity index (χ4n) is 1.71. The summed E-state index contributed by atoms with van der Waals surface area (Å²) < 4.78 is 16.0. The van der Waals surface area contributed by atoms with E-state index in [-0.39, 0.29) is 6.10 Å². The number of likely N-dealkylation sites (N-methyl/N-ethyl adjacent to an activating group) is 1. The predicted octanol–water partition coefficient (Wildman–Crippen LogP) is 2.01. The largest absolute Gasteiger partial charge is 0.497 e. The van der Waals surface area contributed by atoms with Gasteiger partial charge in [-0.05, 0) is 31.2 Å². The van der Waals surface area contributed by atoms with E-state index in [1.165, 1.54) is 0 Å². The molecule has 0 aliphatic carbocycles. The van der Waals surface area contributed by atoms with Crippen molar-refractivity contribution >= 4 is 0 Å². The van der Waals surface area contributed by atoms with Crippen molar-refractivity contribution in [1.29, 1.82) is 0 Å². The first-order valence-corrected chi connectivity index (χ1v) is 6.21. The molecule has 1 rings (SSSR count). The maximum absolute atomic E-state index is 5.86. The molecule has 0 aromatic heterocycles. The number of rotatable bonds is 9. The zero-order valence-electron chi connectivity index (χ0n) is 11.4. The SMILES string of the molecule is CNCC(OCCCOC)c1ccc(OC)cc1. The Balaban J connectivity index is 2.53. The van der Waals surface area contributed by atoms with Gasteiger partial charge in [0.2, 0.25) is 0 Å². The normalized spacial score (nSPS) is 12.4. The minimum atomic E-state index is 0.0674. The summed E-state index contributed by atoms with van der Waals surface area (Å²) in [4.78, 5) is 0. The minimum Gasteiger partial charge on any atom is -0.497 e. The molecule has 0 aliphatic rings. The van der Waals surface area contributed by atoms with Gasteiger partial charge in [0.15, 0.2) is 0 Å². The van der Waals surface area contributed by atoms with Crippen molar-refractivity contribution in [1.82, 2.24) is 5.32 Å². The summed E-state index contributed by atoms with van der Waals surface area (Å²) in [7, 11) is 5.30. The van der Waals surface area contributed by atoms with Gasteiger partial charge in [-0.2, -0.15) is 0 Å². The molecule has 0 bridgehead atoms. The maximum atomic E-state index is 5.86. The van der Waals surface area contributed by atoms with Crippen LogP contribution in [0, 0.1) is 0 Å². The lowest BCUT2D eigenvalue weighted by Gasteiger charge is -2.18. The molecular formula is C14H23NO3. The molecule has 1 aromatic carbocycles. The van der Waals surface area contributed by atoms with Crippen LogP contribution < -0.4 is 10.1 Å². The van der Waals surface area contributed by atoms with E-state index >= 15 is 0 Å². The van der Waals surface area contributed by atoms with E-state index in [4.69, 9.17) is 14.2 Å². The summed E-state index contributed by atoms with van der Waals surface area (Å²) in [5.41, 5.74) is 1.16. The molecule has 4 heteroatoms. The summed E-state index contributed by atoms with van der Waals surface area (Å²) >= 11 is 0. The lowest BCUT2D eigenvalue weighted by molar-refractivity contribution is 0.0399. The third-order valence-corrected chi connectivity index (χ3v) is 2.69. The summed E-state index contributed by atoms with van der Waals surface area (Å²) in [5, 5.41) is 3.15. The van der Waals surface area contributed by atoms with Gasteiger partial charge in [0.1, 0.15) is 5.75 Å². The van der Waals surface area contributed by atoms with Crippen LogP contribution in [0.2, 0.25) is 0 Å². The van der Waals surface area contributed by atoms with Crippen molar-refractivity contribution in [2.45, 2.75) is 12.5 Å². The Morgan fingerprint density at radius 1 is 1.11 bits per heavy atom. The van der Waals surface area contributed by atoms with E-state index in [0.717, 1.165) is 30.9 Å². The first-order chi connectivity index (χ1) is 8.81. The first-order valence-electron chi connectivity index (χ1n) is 6.21. The summed E-state index contributed by atoms with van der Waals surface area (Å²) in [6, 6.07) is 7.99. The van der Waals surface area contributed by atoms with Gasteiger partial charge in [-0.3, -0.25) is 0 Å². The molecule has 0 fully saturated rings. The molecule has 0 amide bonds. The van der Waals surface area contributed by atoms with Gasteiger partial charge >= 0.3 is 0 Å².